The average molecular weight is 537 g/mol. The molecule has 0 spiro atoms. The Bertz CT molecular complexity index is 1130. The Kier molecular flexibility index (Phi) is 7.95. The van der Waals surface area contributed by atoms with Crippen LogP contribution in [0.1, 0.15) is 32.3 Å². The molecule has 1 saturated heterocycles. The van der Waals surface area contributed by atoms with Gasteiger partial charge >= 0.3 is 13.9 Å². The van der Waals surface area contributed by atoms with Crippen LogP contribution in [-0.2, 0) is 14.1 Å². The topological polar surface area (TPSA) is 89.9 Å². The molecule has 1 unspecified atom stereocenters. The van der Waals surface area contributed by atoms with E-state index in [1.165, 1.54) is 31.9 Å². The minimum Gasteiger partial charge on any atom is -0.493 e. The molecule has 1 amide bonds. The highest BCUT2D eigenvalue weighted by Gasteiger charge is 2.66. The van der Waals surface area contributed by atoms with Gasteiger partial charge in [0.1, 0.15) is 12.8 Å². The maximum Gasteiger partial charge on any atom is 0.417 e. The van der Waals surface area contributed by atoms with Crippen molar-refractivity contribution in [2.24, 2.45) is 5.92 Å². The van der Waals surface area contributed by atoms with E-state index < -0.39 is 60.7 Å². The molecule has 0 radical (unpaired) electrons. The van der Waals surface area contributed by atoms with Crippen molar-refractivity contribution in [1.82, 2.24) is 4.98 Å². The van der Waals surface area contributed by atoms with Crippen molar-refractivity contribution >= 4 is 24.7 Å². The Morgan fingerprint density at radius 2 is 1.97 bits per heavy atom. The molecule has 5 atom stereocenters. The first kappa shape index (κ1) is 28.2. The van der Waals surface area contributed by atoms with Gasteiger partial charge in [0.25, 0.3) is 5.91 Å². The molecule has 0 bridgehead atoms. The molecule has 0 saturated carbocycles. The summed E-state index contributed by atoms with van der Waals surface area (Å²) < 4.78 is 86.1. The molecular weight excluding hydrogens is 510 g/mol. The maximum atomic E-state index is 14.5. The highest BCUT2D eigenvalue weighted by molar-refractivity contribution is 7.72. The summed E-state index contributed by atoms with van der Waals surface area (Å²) >= 11 is 0. The van der Waals surface area contributed by atoms with Crippen molar-refractivity contribution in [3.8, 4) is 5.75 Å². The lowest BCUT2D eigenvalue weighted by atomic mass is 9.77. The number of hydrogen-bond acceptors (Lipinski definition) is 6. The molecule has 198 valence electrons. The molecule has 0 aliphatic carbocycles. The number of carbonyl (C=O) groups is 1. The van der Waals surface area contributed by atoms with Gasteiger partial charge in [-0.15, -0.1) is 0 Å². The SMILES string of the molecule is CCO[P+](C)(O)c1cc(NC(=O)[C@@H]2O[C@@](C)(C(F)(F)F)[C@@H](C)[C@H]2c2ccc(F)c(F)c2OC)ccn1. The number of nitrogens with one attached hydrogen (secondary N) is 1. The first-order valence-corrected chi connectivity index (χ1v) is 13.1. The van der Waals surface area contributed by atoms with E-state index in [1.807, 2.05) is 0 Å². The number of aromatic nitrogens is 1. The number of alkyl halides is 3. The summed E-state index contributed by atoms with van der Waals surface area (Å²) in [5, 5.41) is 2.48. The van der Waals surface area contributed by atoms with Gasteiger partial charge in [0, 0.05) is 35.3 Å². The summed E-state index contributed by atoms with van der Waals surface area (Å²) in [5.74, 6) is -6.94. The molecule has 2 N–H and O–H groups in total. The van der Waals surface area contributed by atoms with E-state index in [9.17, 15) is 31.6 Å². The fourth-order valence-corrected chi connectivity index (χ4v) is 5.59. The van der Waals surface area contributed by atoms with E-state index in [4.69, 9.17) is 14.0 Å². The van der Waals surface area contributed by atoms with Crippen LogP contribution in [0, 0.1) is 17.6 Å². The Hall–Kier alpha value is -2.40. The number of rotatable bonds is 7. The highest BCUT2D eigenvalue weighted by Crippen LogP contribution is 2.55. The van der Waals surface area contributed by atoms with Gasteiger partial charge in [-0.1, -0.05) is 13.0 Å². The molecule has 1 fully saturated rings. The molecule has 36 heavy (non-hydrogen) atoms. The third kappa shape index (κ3) is 5.04. The minimum absolute atomic E-state index is 0.123. The maximum absolute atomic E-state index is 14.5. The number of nitrogens with zero attached hydrogens (tertiary/aromatic N) is 1. The van der Waals surface area contributed by atoms with Crippen LogP contribution in [-0.4, -0.2) is 54.0 Å². The summed E-state index contributed by atoms with van der Waals surface area (Å²) in [6.45, 7) is 5.37. The van der Waals surface area contributed by atoms with E-state index in [0.29, 0.717) is 0 Å². The van der Waals surface area contributed by atoms with Gasteiger partial charge in [0.05, 0.1) is 13.7 Å². The lowest BCUT2D eigenvalue weighted by Crippen LogP contribution is -2.47. The van der Waals surface area contributed by atoms with Crippen LogP contribution in [0.15, 0.2) is 30.5 Å². The monoisotopic (exact) mass is 537 g/mol. The van der Waals surface area contributed by atoms with Crippen LogP contribution in [0.25, 0.3) is 0 Å². The average Bonchev–Trinajstić information content (AvgIpc) is 3.07. The third-order valence-electron chi connectivity index (χ3n) is 6.39. The lowest BCUT2D eigenvalue weighted by molar-refractivity contribution is -0.272. The number of pyridine rings is 1. The number of ether oxygens (including phenoxy) is 2. The second-order valence-electron chi connectivity index (χ2n) is 8.63. The van der Waals surface area contributed by atoms with Gasteiger partial charge in [-0.2, -0.15) is 17.6 Å². The molecular formula is C23H27F5N2O5P+. The van der Waals surface area contributed by atoms with Crippen molar-refractivity contribution in [2.75, 3.05) is 25.7 Å². The van der Waals surface area contributed by atoms with Crippen LogP contribution >= 0.6 is 7.72 Å². The molecule has 2 heterocycles. The van der Waals surface area contributed by atoms with E-state index in [1.54, 1.807) is 6.92 Å². The number of methoxy groups -OCH3 is 1. The number of benzene rings is 1. The number of anilines is 1. The van der Waals surface area contributed by atoms with Crippen molar-refractivity contribution in [3.63, 3.8) is 0 Å². The van der Waals surface area contributed by atoms with Crippen molar-refractivity contribution in [1.29, 1.82) is 0 Å². The molecule has 7 nitrogen and oxygen atoms in total. The van der Waals surface area contributed by atoms with E-state index >= 15 is 0 Å². The Morgan fingerprint density at radius 3 is 2.56 bits per heavy atom. The van der Waals surface area contributed by atoms with Crippen molar-refractivity contribution in [3.05, 3.63) is 47.7 Å². The normalized spacial score (nSPS) is 25.9. The molecule has 1 aromatic carbocycles. The van der Waals surface area contributed by atoms with E-state index in [0.717, 1.165) is 26.2 Å². The van der Waals surface area contributed by atoms with Crippen LogP contribution in [0.5, 0.6) is 5.75 Å². The minimum atomic E-state index is -4.88. The first-order valence-electron chi connectivity index (χ1n) is 11.0. The zero-order valence-electron chi connectivity index (χ0n) is 20.2. The van der Waals surface area contributed by atoms with Crippen LogP contribution in [0.4, 0.5) is 27.6 Å². The molecule has 1 aromatic heterocycles. The van der Waals surface area contributed by atoms with Gasteiger partial charge in [-0.05, 0) is 26.0 Å². The van der Waals surface area contributed by atoms with Gasteiger partial charge in [0.15, 0.2) is 17.2 Å². The molecule has 3 rings (SSSR count). The van der Waals surface area contributed by atoms with Crippen LogP contribution < -0.4 is 15.5 Å². The predicted molar refractivity (Wildman–Crippen MR) is 123 cm³/mol. The Labute approximate surface area is 205 Å². The number of amides is 1. The van der Waals surface area contributed by atoms with Gasteiger partial charge in [-0.3, -0.25) is 4.79 Å². The number of halogens is 5. The van der Waals surface area contributed by atoms with E-state index in [-0.39, 0.29) is 23.3 Å². The zero-order chi connectivity index (χ0) is 27.1. The smallest absolute Gasteiger partial charge is 0.417 e. The highest BCUT2D eigenvalue weighted by atomic mass is 31.2. The van der Waals surface area contributed by atoms with Crippen molar-refractivity contribution in [2.45, 2.75) is 44.6 Å². The van der Waals surface area contributed by atoms with Crippen molar-refractivity contribution < 1.29 is 45.6 Å². The second-order valence-corrected chi connectivity index (χ2v) is 11.1. The predicted octanol–water partition coefficient (Wildman–Crippen LogP) is 4.58. The van der Waals surface area contributed by atoms with E-state index in [2.05, 4.69) is 10.3 Å². The standard InChI is InChI=1S/C23H26F5N2O5P/c1-6-34-36(5,32)16-11-13(9-10-29-16)30-21(31)20-17(12(2)22(3,35-20)23(26,27)28)14-7-8-15(24)18(25)19(14)33-4/h7-12,17,20,32H,6H2,1-5H3/p+1/t12-,17-,20+,22+,36?/m0/s1. The fraction of sp³-hybridized carbons (Fsp3) is 0.478. The summed E-state index contributed by atoms with van der Waals surface area (Å²) in [4.78, 5) is 27.9. The molecule has 1 aliphatic rings. The second kappa shape index (κ2) is 10.2. The molecule has 13 heteroatoms. The summed E-state index contributed by atoms with van der Waals surface area (Å²) in [6, 6.07) is 4.56. The number of carbonyl (C=O) groups excluding carboxylic acids is 1. The van der Waals surface area contributed by atoms with Gasteiger partial charge in [0.2, 0.25) is 11.3 Å². The summed E-state index contributed by atoms with van der Waals surface area (Å²) in [7, 11) is -2.01. The summed E-state index contributed by atoms with van der Waals surface area (Å²) in [5.41, 5.74) is -2.64. The lowest BCUT2D eigenvalue weighted by Gasteiger charge is -2.32. The molecule has 2 aromatic rings. The zero-order valence-corrected chi connectivity index (χ0v) is 21.1. The third-order valence-corrected chi connectivity index (χ3v) is 8.24. The largest absolute Gasteiger partial charge is 0.493 e. The Balaban J connectivity index is 2.04. The van der Waals surface area contributed by atoms with Crippen LogP contribution in [0.2, 0.25) is 0 Å². The van der Waals surface area contributed by atoms with Crippen LogP contribution in [0.3, 0.4) is 0 Å². The first-order chi connectivity index (χ1) is 16.7. The summed E-state index contributed by atoms with van der Waals surface area (Å²) in [6.07, 6.45) is -5.33. The quantitative estimate of drug-likeness (QED) is 0.397. The Morgan fingerprint density at radius 1 is 1.31 bits per heavy atom. The number of hydrogen-bond donors (Lipinski definition) is 2. The fourth-order valence-electron chi connectivity index (χ4n) is 4.29. The van der Waals surface area contributed by atoms with Gasteiger partial charge in [-0.25, -0.2) is 18.8 Å². The molecule has 1 aliphatic heterocycles. The van der Waals surface area contributed by atoms with Gasteiger partial charge < -0.3 is 14.8 Å².